The lowest BCUT2D eigenvalue weighted by Gasteiger charge is -2.37. The number of hydrogen-bond donors (Lipinski definition) is 1. The number of fused-ring (bicyclic) bond motifs is 1. The molecule has 1 amide bonds. The Kier molecular flexibility index (Phi) is 6.55. The van der Waals surface area contributed by atoms with E-state index in [2.05, 4.69) is 34.5 Å². The van der Waals surface area contributed by atoms with Crippen LogP contribution in [0.4, 0.5) is 0 Å². The lowest BCUT2D eigenvalue weighted by molar-refractivity contribution is -0.123. The number of hydrogen-bond acceptors (Lipinski definition) is 5. The molecular weight excluding hydrogens is 380 g/mol. The summed E-state index contributed by atoms with van der Waals surface area (Å²) in [5, 5.41) is 3.06. The molecule has 1 fully saturated rings. The average molecular weight is 411 g/mol. The van der Waals surface area contributed by atoms with Crippen LogP contribution in [-0.4, -0.2) is 57.4 Å². The van der Waals surface area contributed by atoms with Crippen LogP contribution in [-0.2, 0) is 16.0 Å². The number of carbonyl (C=O) groups excluding carboxylic acids is 1. The first-order valence-corrected chi connectivity index (χ1v) is 10.6. The summed E-state index contributed by atoms with van der Waals surface area (Å²) < 4.78 is 16.7. The number of nitrogens with zero attached hydrogens (tertiary/aromatic N) is 1. The van der Waals surface area contributed by atoms with Crippen LogP contribution in [0, 0.1) is 0 Å². The van der Waals surface area contributed by atoms with Gasteiger partial charge in [-0.05, 0) is 48.1 Å². The standard InChI is InChI=1S/C24H30N2O4/c1-28-21-13-18-10-11-26(16-23(27)25-15-19-9-6-12-30-19)24(17-7-4-3-5-8-17)20(18)14-22(21)29-2/h3-5,7-8,13-14,19,24H,6,9-12,15-16H2,1-2H3,(H,25,27). The minimum absolute atomic E-state index is 0.0109. The lowest BCUT2D eigenvalue weighted by Crippen LogP contribution is -2.44. The van der Waals surface area contributed by atoms with Gasteiger partial charge in [-0.3, -0.25) is 9.69 Å². The summed E-state index contributed by atoms with van der Waals surface area (Å²) in [4.78, 5) is 15.0. The third kappa shape index (κ3) is 4.45. The SMILES string of the molecule is COc1cc2c(cc1OC)C(c1ccccc1)N(CC(=O)NCC1CCCO1)CC2. The second-order valence-electron chi connectivity index (χ2n) is 7.88. The first kappa shape index (κ1) is 20.7. The highest BCUT2D eigenvalue weighted by Crippen LogP contribution is 2.40. The van der Waals surface area contributed by atoms with Crippen molar-refractivity contribution >= 4 is 5.91 Å². The van der Waals surface area contributed by atoms with Crippen LogP contribution in [0.15, 0.2) is 42.5 Å². The minimum atomic E-state index is -0.0109. The number of carbonyl (C=O) groups is 1. The van der Waals surface area contributed by atoms with E-state index in [1.54, 1.807) is 14.2 Å². The van der Waals surface area contributed by atoms with E-state index in [0.29, 0.717) is 18.8 Å². The maximum absolute atomic E-state index is 12.7. The second kappa shape index (κ2) is 9.49. The van der Waals surface area contributed by atoms with Crippen LogP contribution >= 0.6 is 0 Å². The molecule has 2 aromatic rings. The molecule has 2 aromatic carbocycles. The molecule has 4 rings (SSSR count). The van der Waals surface area contributed by atoms with Crippen LogP contribution < -0.4 is 14.8 Å². The predicted octanol–water partition coefficient (Wildman–Crippen LogP) is 2.95. The number of methoxy groups -OCH3 is 2. The molecule has 0 aromatic heterocycles. The van der Waals surface area contributed by atoms with Crippen LogP contribution in [0.2, 0.25) is 0 Å². The van der Waals surface area contributed by atoms with Gasteiger partial charge >= 0.3 is 0 Å². The molecule has 2 unspecified atom stereocenters. The molecule has 30 heavy (non-hydrogen) atoms. The number of ether oxygens (including phenoxy) is 3. The third-order valence-electron chi connectivity index (χ3n) is 5.99. The topological polar surface area (TPSA) is 60.0 Å². The number of amides is 1. The van der Waals surface area contributed by atoms with Gasteiger partial charge in [-0.2, -0.15) is 0 Å². The summed E-state index contributed by atoms with van der Waals surface area (Å²) in [7, 11) is 3.31. The predicted molar refractivity (Wildman–Crippen MR) is 115 cm³/mol. The van der Waals surface area contributed by atoms with Crippen LogP contribution in [0.25, 0.3) is 0 Å². The highest BCUT2D eigenvalue weighted by molar-refractivity contribution is 5.78. The Labute approximate surface area is 178 Å². The zero-order valence-corrected chi connectivity index (χ0v) is 17.7. The molecule has 0 radical (unpaired) electrons. The van der Waals surface area contributed by atoms with Crippen molar-refractivity contribution in [2.24, 2.45) is 0 Å². The zero-order chi connectivity index (χ0) is 20.9. The van der Waals surface area contributed by atoms with Gasteiger partial charge < -0.3 is 19.5 Å². The van der Waals surface area contributed by atoms with E-state index in [-0.39, 0.29) is 18.1 Å². The Bertz CT molecular complexity index is 865. The molecule has 1 saturated heterocycles. The molecule has 2 aliphatic heterocycles. The number of rotatable bonds is 7. The third-order valence-corrected chi connectivity index (χ3v) is 5.99. The van der Waals surface area contributed by atoms with Crippen molar-refractivity contribution in [2.75, 3.05) is 40.5 Å². The smallest absolute Gasteiger partial charge is 0.234 e. The fourth-order valence-electron chi connectivity index (χ4n) is 4.47. The van der Waals surface area contributed by atoms with Gasteiger partial charge in [0.05, 0.1) is 32.9 Å². The highest BCUT2D eigenvalue weighted by atomic mass is 16.5. The van der Waals surface area contributed by atoms with Gasteiger partial charge in [0.25, 0.3) is 0 Å². The van der Waals surface area contributed by atoms with E-state index in [4.69, 9.17) is 14.2 Å². The van der Waals surface area contributed by atoms with E-state index in [1.165, 1.54) is 5.56 Å². The number of benzene rings is 2. The first-order valence-electron chi connectivity index (χ1n) is 10.6. The quantitative estimate of drug-likeness (QED) is 0.761. The van der Waals surface area contributed by atoms with Crippen molar-refractivity contribution < 1.29 is 19.0 Å². The van der Waals surface area contributed by atoms with Gasteiger partial charge in [0, 0.05) is 19.7 Å². The monoisotopic (exact) mass is 410 g/mol. The maximum Gasteiger partial charge on any atom is 0.234 e. The fraction of sp³-hybridized carbons (Fsp3) is 0.458. The highest BCUT2D eigenvalue weighted by Gasteiger charge is 2.31. The molecule has 2 aliphatic rings. The van der Waals surface area contributed by atoms with Crippen molar-refractivity contribution in [1.82, 2.24) is 10.2 Å². The largest absolute Gasteiger partial charge is 0.493 e. The van der Waals surface area contributed by atoms with Crippen molar-refractivity contribution in [3.63, 3.8) is 0 Å². The summed E-state index contributed by atoms with van der Waals surface area (Å²) in [6.07, 6.45) is 3.10. The Morgan fingerprint density at radius 1 is 1.17 bits per heavy atom. The van der Waals surface area contributed by atoms with Gasteiger partial charge in [-0.25, -0.2) is 0 Å². The van der Waals surface area contributed by atoms with Gasteiger partial charge in [-0.1, -0.05) is 30.3 Å². The summed E-state index contributed by atoms with van der Waals surface area (Å²) in [6, 6.07) is 14.5. The molecule has 2 atom stereocenters. The van der Waals surface area contributed by atoms with E-state index in [9.17, 15) is 4.79 Å². The Balaban J connectivity index is 1.58. The molecule has 6 heteroatoms. The minimum Gasteiger partial charge on any atom is -0.493 e. The molecule has 0 aliphatic carbocycles. The first-order chi connectivity index (χ1) is 14.7. The molecule has 0 saturated carbocycles. The Morgan fingerprint density at radius 2 is 1.93 bits per heavy atom. The molecular formula is C24H30N2O4. The van der Waals surface area contributed by atoms with Crippen molar-refractivity contribution in [3.8, 4) is 11.5 Å². The van der Waals surface area contributed by atoms with E-state index < -0.39 is 0 Å². The van der Waals surface area contributed by atoms with Crippen molar-refractivity contribution in [1.29, 1.82) is 0 Å². The number of nitrogens with one attached hydrogen (secondary N) is 1. The lowest BCUT2D eigenvalue weighted by atomic mass is 9.87. The van der Waals surface area contributed by atoms with Crippen molar-refractivity contribution in [3.05, 3.63) is 59.2 Å². The van der Waals surface area contributed by atoms with Gasteiger partial charge in [-0.15, -0.1) is 0 Å². The average Bonchev–Trinajstić information content (AvgIpc) is 3.31. The van der Waals surface area contributed by atoms with E-state index in [1.807, 2.05) is 18.2 Å². The Hall–Kier alpha value is -2.57. The molecule has 0 bridgehead atoms. The zero-order valence-electron chi connectivity index (χ0n) is 17.7. The second-order valence-corrected chi connectivity index (χ2v) is 7.88. The summed E-state index contributed by atoms with van der Waals surface area (Å²) >= 11 is 0. The van der Waals surface area contributed by atoms with Crippen LogP contribution in [0.1, 0.15) is 35.6 Å². The normalized spacial score (nSPS) is 21.1. The summed E-state index contributed by atoms with van der Waals surface area (Å²) in [5.74, 6) is 1.49. The van der Waals surface area contributed by atoms with Crippen LogP contribution in [0.5, 0.6) is 11.5 Å². The summed E-state index contributed by atoms with van der Waals surface area (Å²) in [6.45, 7) is 2.53. The molecule has 160 valence electrons. The fourth-order valence-corrected chi connectivity index (χ4v) is 4.47. The molecule has 0 spiro atoms. The van der Waals surface area contributed by atoms with E-state index in [0.717, 1.165) is 49.3 Å². The van der Waals surface area contributed by atoms with Gasteiger partial charge in [0.15, 0.2) is 11.5 Å². The Morgan fingerprint density at radius 3 is 2.63 bits per heavy atom. The van der Waals surface area contributed by atoms with Gasteiger partial charge in [0.2, 0.25) is 5.91 Å². The molecule has 2 heterocycles. The van der Waals surface area contributed by atoms with Crippen LogP contribution in [0.3, 0.4) is 0 Å². The van der Waals surface area contributed by atoms with Gasteiger partial charge in [0.1, 0.15) is 0 Å². The maximum atomic E-state index is 12.7. The molecule has 1 N–H and O–H groups in total. The molecule has 6 nitrogen and oxygen atoms in total. The van der Waals surface area contributed by atoms with E-state index >= 15 is 0 Å². The summed E-state index contributed by atoms with van der Waals surface area (Å²) in [5.41, 5.74) is 3.56. The van der Waals surface area contributed by atoms with Crippen molar-refractivity contribution in [2.45, 2.75) is 31.4 Å².